The van der Waals surface area contributed by atoms with Crippen LogP contribution in [0.1, 0.15) is 5.56 Å². The fourth-order valence-electron chi connectivity index (χ4n) is 2.51. The fraction of sp³-hybridized carbons (Fsp3) is 0.294. The van der Waals surface area contributed by atoms with Gasteiger partial charge in [0.25, 0.3) is 5.69 Å². The Hall–Kier alpha value is -2.20. The first kappa shape index (κ1) is 22.8. The van der Waals surface area contributed by atoms with Crippen LogP contribution in [0.5, 0.6) is 5.75 Å². The Morgan fingerprint density at radius 3 is 2.37 bits per heavy atom. The summed E-state index contributed by atoms with van der Waals surface area (Å²) in [5.41, 5.74) is 6.24. The van der Waals surface area contributed by atoms with Crippen molar-refractivity contribution < 1.29 is 18.1 Å². The van der Waals surface area contributed by atoms with Crippen LogP contribution in [0, 0.1) is 10.1 Å². The Morgan fingerprint density at radius 2 is 1.81 bits per heavy atom. The van der Waals surface area contributed by atoms with Crippen molar-refractivity contribution in [2.75, 3.05) is 26.7 Å². The van der Waals surface area contributed by atoms with Gasteiger partial charge in [0.15, 0.2) is 0 Å². The highest BCUT2D eigenvalue weighted by molar-refractivity contribution is 7.89. The number of non-ortho nitro benzene ring substituents is 1. The molecule has 8 nitrogen and oxygen atoms in total. The zero-order valence-electron chi connectivity index (χ0n) is 14.8. The SMILES string of the molecule is COc1ccc([N+](=O)[O-])cc1S(=O)(=O)N(CCN)CCc1ccccc1.Cl. The third-order valence-electron chi connectivity index (χ3n) is 3.85. The molecule has 0 radical (unpaired) electrons. The summed E-state index contributed by atoms with van der Waals surface area (Å²) < 4.78 is 32.5. The summed E-state index contributed by atoms with van der Waals surface area (Å²) in [7, 11) is -2.69. The smallest absolute Gasteiger partial charge is 0.271 e. The number of sulfonamides is 1. The summed E-state index contributed by atoms with van der Waals surface area (Å²) in [6.45, 7) is 0.432. The van der Waals surface area contributed by atoms with E-state index in [9.17, 15) is 18.5 Å². The quantitative estimate of drug-likeness (QED) is 0.495. The molecular formula is C17H22ClN3O5S. The van der Waals surface area contributed by atoms with Crippen molar-refractivity contribution in [1.29, 1.82) is 0 Å². The highest BCUT2D eigenvalue weighted by Gasteiger charge is 2.29. The Kier molecular flexibility index (Phi) is 8.64. The third-order valence-corrected chi connectivity index (χ3v) is 5.77. The van der Waals surface area contributed by atoms with Crippen molar-refractivity contribution in [1.82, 2.24) is 4.31 Å². The lowest BCUT2D eigenvalue weighted by atomic mass is 10.1. The molecule has 0 aliphatic carbocycles. The average Bonchev–Trinajstić information content (AvgIpc) is 2.65. The lowest BCUT2D eigenvalue weighted by Gasteiger charge is -2.22. The van der Waals surface area contributed by atoms with Crippen LogP contribution in [0.15, 0.2) is 53.4 Å². The second-order valence-electron chi connectivity index (χ2n) is 5.52. The number of ether oxygens (including phenoxy) is 1. The molecule has 2 N–H and O–H groups in total. The predicted octanol–water partition coefficient (Wildman–Crippen LogP) is 2.22. The maximum absolute atomic E-state index is 13.1. The van der Waals surface area contributed by atoms with E-state index >= 15 is 0 Å². The monoisotopic (exact) mass is 415 g/mol. The number of nitro benzene ring substituents is 1. The first-order valence-electron chi connectivity index (χ1n) is 7.96. The van der Waals surface area contributed by atoms with Crippen molar-refractivity contribution in [3.63, 3.8) is 0 Å². The van der Waals surface area contributed by atoms with E-state index in [1.165, 1.54) is 23.5 Å². The molecule has 0 unspecified atom stereocenters. The molecule has 0 bridgehead atoms. The van der Waals surface area contributed by atoms with Gasteiger partial charge in [-0.1, -0.05) is 30.3 Å². The van der Waals surface area contributed by atoms with E-state index in [0.29, 0.717) is 6.42 Å². The maximum Gasteiger partial charge on any atom is 0.271 e. The number of hydrogen-bond acceptors (Lipinski definition) is 6. The van der Waals surface area contributed by atoms with E-state index in [-0.39, 0.29) is 48.4 Å². The summed E-state index contributed by atoms with van der Waals surface area (Å²) in [6.07, 6.45) is 0.497. The minimum atomic E-state index is -4.01. The minimum Gasteiger partial charge on any atom is -0.495 e. The first-order valence-corrected chi connectivity index (χ1v) is 9.40. The number of nitro groups is 1. The van der Waals surface area contributed by atoms with E-state index < -0.39 is 14.9 Å². The fourth-order valence-corrected chi connectivity index (χ4v) is 4.15. The van der Waals surface area contributed by atoms with Crippen LogP contribution in [-0.2, 0) is 16.4 Å². The Bertz CT molecular complexity index is 862. The average molecular weight is 416 g/mol. The topological polar surface area (TPSA) is 116 Å². The molecule has 0 fully saturated rings. The van der Waals surface area contributed by atoms with Crippen LogP contribution in [0.25, 0.3) is 0 Å². The number of nitrogens with two attached hydrogens (primary N) is 1. The van der Waals surface area contributed by atoms with Crippen LogP contribution in [0.3, 0.4) is 0 Å². The summed E-state index contributed by atoms with van der Waals surface area (Å²) >= 11 is 0. The van der Waals surface area contributed by atoms with E-state index in [1.807, 2.05) is 30.3 Å². The highest BCUT2D eigenvalue weighted by atomic mass is 35.5. The number of rotatable bonds is 9. The molecule has 0 spiro atoms. The van der Waals surface area contributed by atoms with Crippen molar-refractivity contribution in [2.45, 2.75) is 11.3 Å². The van der Waals surface area contributed by atoms with Crippen LogP contribution in [0.4, 0.5) is 5.69 Å². The van der Waals surface area contributed by atoms with Gasteiger partial charge in [-0.2, -0.15) is 4.31 Å². The molecule has 0 amide bonds. The van der Waals surface area contributed by atoms with E-state index in [0.717, 1.165) is 11.6 Å². The standard InChI is InChI=1S/C17H21N3O5S.ClH/c1-25-16-8-7-15(20(21)22)13-17(16)26(23,24)19(12-10-18)11-9-14-5-3-2-4-6-14;/h2-8,13H,9-12,18H2,1H3;1H. The van der Waals surface area contributed by atoms with Crippen LogP contribution in [0.2, 0.25) is 0 Å². The molecule has 0 aliphatic heterocycles. The van der Waals surface area contributed by atoms with Crippen molar-refractivity contribution >= 4 is 28.1 Å². The van der Waals surface area contributed by atoms with Crippen molar-refractivity contribution in [3.05, 3.63) is 64.2 Å². The summed E-state index contributed by atoms with van der Waals surface area (Å²) in [4.78, 5) is 10.1. The molecule has 0 saturated heterocycles. The van der Waals surface area contributed by atoms with E-state index in [1.54, 1.807) is 0 Å². The van der Waals surface area contributed by atoms with Crippen molar-refractivity contribution in [3.8, 4) is 5.75 Å². The molecule has 27 heavy (non-hydrogen) atoms. The summed E-state index contributed by atoms with van der Waals surface area (Å²) in [5, 5.41) is 11.0. The van der Waals surface area contributed by atoms with Crippen LogP contribution >= 0.6 is 12.4 Å². The van der Waals surface area contributed by atoms with Gasteiger partial charge in [0.1, 0.15) is 10.6 Å². The number of hydrogen-bond donors (Lipinski definition) is 1. The predicted molar refractivity (Wildman–Crippen MR) is 105 cm³/mol. The molecule has 2 aromatic rings. The largest absolute Gasteiger partial charge is 0.495 e. The third kappa shape index (κ3) is 5.64. The van der Waals surface area contributed by atoms with Gasteiger partial charge in [-0.15, -0.1) is 12.4 Å². The van der Waals surface area contributed by atoms with Crippen LogP contribution in [-0.4, -0.2) is 44.4 Å². The molecule has 0 saturated carbocycles. The molecule has 0 aliphatic rings. The zero-order valence-corrected chi connectivity index (χ0v) is 16.4. The summed E-state index contributed by atoms with van der Waals surface area (Å²) in [5.74, 6) is 0.0531. The van der Waals surface area contributed by atoms with Gasteiger partial charge in [-0.3, -0.25) is 10.1 Å². The Balaban J connectivity index is 0.00000364. The second kappa shape index (κ2) is 10.2. The molecular weight excluding hydrogens is 394 g/mol. The lowest BCUT2D eigenvalue weighted by Crippen LogP contribution is -2.37. The lowest BCUT2D eigenvalue weighted by molar-refractivity contribution is -0.385. The van der Waals surface area contributed by atoms with Gasteiger partial charge in [0, 0.05) is 31.8 Å². The number of halogens is 1. The van der Waals surface area contributed by atoms with E-state index in [2.05, 4.69) is 0 Å². The molecule has 2 aromatic carbocycles. The molecule has 0 aromatic heterocycles. The van der Waals surface area contributed by atoms with E-state index in [4.69, 9.17) is 10.5 Å². The second-order valence-corrected chi connectivity index (χ2v) is 7.43. The molecule has 148 valence electrons. The molecule has 10 heteroatoms. The Morgan fingerprint density at radius 1 is 1.15 bits per heavy atom. The Labute approximate surface area is 164 Å². The number of methoxy groups -OCH3 is 1. The van der Waals surface area contributed by atoms with Crippen LogP contribution < -0.4 is 10.5 Å². The normalized spacial score (nSPS) is 11.1. The zero-order chi connectivity index (χ0) is 19.2. The molecule has 0 atom stereocenters. The highest BCUT2D eigenvalue weighted by Crippen LogP contribution is 2.30. The van der Waals surface area contributed by atoms with Gasteiger partial charge in [-0.05, 0) is 18.1 Å². The molecule has 2 rings (SSSR count). The van der Waals surface area contributed by atoms with Crippen molar-refractivity contribution in [2.24, 2.45) is 5.73 Å². The minimum absolute atomic E-state index is 0. The van der Waals surface area contributed by atoms with Gasteiger partial charge >= 0.3 is 0 Å². The molecule has 0 heterocycles. The van der Waals surface area contributed by atoms with Gasteiger partial charge in [-0.25, -0.2) is 8.42 Å². The summed E-state index contributed by atoms with van der Waals surface area (Å²) in [6, 6.07) is 12.9. The van der Waals surface area contributed by atoms with Gasteiger partial charge in [0.2, 0.25) is 10.0 Å². The van der Waals surface area contributed by atoms with Gasteiger partial charge in [0.05, 0.1) is 12.0 Å². The number of nitrogens with zero attached hydrogens (tertiary/aromatic N) is 2. The number of benzene rings is 2. The van der Waals surface area contributed by atoms with Gasteiger partial charge < -0.3 is 10.5 Å². The first-order chi connectivity index (χ1) is 12.4. The maximum atomic E-state index is 13.1.